The minimum atomic E-state index is -3.42. The van der Waals surface area contributed by atoms with Gasteiger partial charge in [-0.2, -0.15) is 0 Å². The number of ether oxygens (including phenoxy) is 1. The van der Waals surface area contributed by atoms with E-state index in [2.05, 4.69) is 18.3 Å². The van der Waals surface area contributed by atoms with Crippen molar-refractivity contribution in [1.82, 2.24) is 9.88 Å². The number of aliphatic hydroxyl groups is 1. The lowest BCUT2D eigenvalue weighted by Gasteiger charge is -2.18. The first kappa shape index (κ1) is 31.0. The van der Waals surface area contributed by atoms with Crippen molar-refractivity contribution in [3.63, 3.8) is 0 Å². The Morgan fingerprint density at radius 2 is 1.78 bits per heavy atom. The maximum Gasteiger partial charge on any atom is 0.360 e. The number of carbonyl (C=O) groups is 1. The van der Waals surface area contributed by atoms with Gasteiger partial charge < -0.3 is 28.8 Å². The predicted molar refractivity (Wildman–Crippen MR) is 162 cm³/mol. The van der Waals surface area contributed by atoms with Gasteiger partial charge in [0.2, 0.25) is 0 Å². The number of esters is 1. The number of aromatic nitrogens is 1. The van der Waals surface area contributed by atoms with E-state index in [0.29, 0.717) is 29.1 Å². The molecule has 218 valence electrons. The number of fused-ring (bicyclic) bond motifs is 1. The number of hydrogen-bond donors (Lipinski definition) is 2. The summed E-state index contributed by atoms with van der Waals surface area (Å²) in [6, 6.07) is 22.4. The zero-order valence-corrected chi connectivity index (χ0v) is 25.3. The fourth-order valence-electron chi connectivity index (χ4n) is 4.86. The zero-order valence-electron chi connectivity index (χ0n) is 23.7. The molecule has 2 atom stereocenters. The van der Waals surface area contributed by atoms with E-state index in [1.165, 1.54) is 14.2 Å². The first-order chi connectivity index (χ1) is 19.7. The van der Waals surface area contributed by atoms with Gasteiger partial charge in [-0.15, -0.1) is 0 Å². The van der Waals surface area contributed by atoms with Gasteiger partial charge in [0.25, 0.3) is 0 Å². The first-order valence-electron chi connectivity index (χ1n) is 13.4. The molecule has 41 heavy (non-hydrogen) atoms. The smallest absolute Gasteiger partial charge is 0.360 e. The molecule has 8 nitrogen and oxygen atoms in total. The fourth-order valence-corrected chi connectivity index (χ4v) is 6.22. The monoisotopic (exact) mass is 598 g/mol. The zero-order chi connectivity index (χ0) is 29.6. The van der Waals surface area contributed by atoms with Crippen LogP contribution in [0.25, 0.3) is 10.9 Å². The predicted octanol–water partition coefficient (Wildman–Crippen LogP) is 5.89. The molecule has 2 N–H and O–H groups in total. The van der Waals surface area contributed by atoms with E-state index >= 15 is 0 Å². The maximum atomic E-state index is 12.9. The van der Waals surface area contributed by atoms with Crippen molar-refractivity contribution in [1.29, 1.82) is 0 Å². The molecule has 1 heterocycles. The van der Waals surface area contributed by atoms with Crippen LogP contribution in [0, 0.1) is 0 Å². The molecule has 1 aromatic heterocycles. The lowest BCUT2D eigenvalue weighted by atomic mass is 10.0. The second-order valence-corrected chi connectivity index (χ2v) is 12.5. The normalized spacial score (nSPS) is 13.3. The number of aliphatic hydroxyl groups excluding tert-OH is 1. The highest BCUT2D eigenvalue weighted by atomic mass is 35.5. The second kappa shape index (κ2) is 13.8. The molecular weight excluding hydrogens is 563 g/mol. The Labute approximate surface area is 245 Å². The molecular formula is C31H36ClN2O6P. The third-order valence-electron chi connectivity index (χ3n) is 6.93. The Hall–Kier alpha value is -2.97. The lowest BCUT2D eigenvalue weighted by molar-refractivity contribution is 0.0515. The van der Waals surface area contributed by atoms with Crippen molar-refractivity contribution in [2.24, 2.45) is 0 Å². The van der Waals surface area contributed by atoms with Crippen molar-refractivity contribution in [3.05, 3.63) is 100 Å². The minimum absolute atomic E-state index is 0.0906. The summed E-state index contributed by atoms with van der Waals surface area (Å²) in [4.78, 5) is 12.9. The molecule has 0 saturated carbocycles. The van der Waals surface area contributed by atoms with Gasteiger partial charge in [-0.3, -0.25) is 4.57 Å². The summed E-state index contributed by atoms with van der Waals surface area (Å²) in [6.45, 7) is 4.85. The summed E-state index contributed by atoms with van der Waals surface area (Å²) in [5.41, 5.74) is 4.00. The Bertz CT molecular complexity index is 1550. The summed E-state index contributed by atoms with van der Waals surface area (Å²) < 4.78 is 30.5. The summed E-state index contributed by atoms with van der Waals surface area (Å²) in [5, 5.41) is 15.9. The molecule has 3 aromatic carbocycles. The van der Waals surface area contributed by atoms with Crippen molar-refractivity contribution in [2.75, 3.05) is 27.4 Å². The quantitative estimate of drug-likeness (QED) is 0.146. The molecule has 0 saturated heterocycles. The summed E-state index contributed by atoms with van der Waals surface area (Å²) in [7, 11) is -0.717. The Morgan fingerprint density at radius 1 is 1.02 bits per heavy atom. The summed E-state index contributed by atoms with van der Waals surface area (Å²) >= 11 is 6.06. The van der Waals surface area contributed by atoms with Gasteiger partial charge >= 0.3 is 13.6 Å². The van der Waals surface area contributed by atoms with E-state index in [0.717, 1.165) is 34.0 Å². The van der Waals surface area contributed by atoms with Gasteiger partial charge in [0, 0.05) is 49.3 Å². The summed E-state index contributed by atoms with van der Waals surface area (Å²) in [6.07, 6.45) is 0.0590. The third kappa shape index (κ3) is 7.46. The first-order valence-corrected chi connectivity index (χ1v) is 15.4. The van der Waals surface area contributed by atoms with Gasteiger partial charge in [-0.1, -0.05) is 41.9 Å². The number of rotatable bonds is 13. The van der Waals surface area contributed by atoms with Crippen LogP contribution in [-0.4, -0.2) is 49.1 Å². The molecule has 0 aliphatic carbocycles. The van der Waals surface area contributed by atoms with E-state index in [4.69, 9.17) is 25.4 Å². The van der Waals surface area contributed by atoms with Crippen LogP contribution >= 0.6 is 19.2 Å². The van der Waals surface area contributed by atoms with Crippen molar-refractivity contribution in [2.45, 2.75) is 39.0 Å². The maximum absolute atomic E-state index is 12.9. The van der Waals surface area contributed by atoms with Crippen LogP contribution in [0.2, 0.25) is 5.02 Å². The topological polar surface area (TPSA) is 99.0 Å². The van der Waals surface area contributed by atoms with E-state index in [1.54, 1.807) is 37.3 Å². The van der Waals surface area contributed by atoms with E-state index in [-0.39, 0.29) is 12.6 Å². The average Bonchev–Trinajstić information content (AvgIpc) is 3.33. The molecule has 0 spiro atoms. The number of nitrogens with one attached hydrogen (secondary N) is 1. The Kier molecular flexibility index (Phi) is 10.4. The highest BCUT2D eigenvalue weighted by Gasteiger charge is 2.25. The van der Waals surface area contributed by atoms with Crippen molar-refractivity contribution in [3.8, 4) is 0 Å². The van der Waals surface area contributed by atoms with Gasteiger partial charge in [-0.25, -0.2) is 4.79 Å². The van der Waals surface area contributed by atoms with Crippen molar-refractivity contribution >= 4 is 41.4 Å². The van der Waals surface area contributed by atoms with Crippen LogP contribution in [0.5, 0.6) is 0 Å². The molecule has 0 radical (unpaired) electrons. The molecule has 0 aliphatic rings. The molecule has 0 aliphatic heterocycles. The van der Waals surface area contributed by atoms with E-state index in [9.17, 15) is 14.5 Å². The van der Waals surface area contributed by atoms with Crippen LogP contribution in [0.3, 0.4) is 0 Å². The van der Waals surface area contributed by atoms with Gasteiger partial charge in [0.05, 0.1) is 18.0 Å². The van der Waals surface area contributed by atoms with Gasteiger partial charge in [0.15, 0.2) is 0 Å². The Balaban J connectivity index is 1.55. The molecule has 0 bridgehead atoms. The largest absolute Gasteiger partial charge is 0.461 e. The lowest BCUT2D eigenvalue weighted by Crippen LogP contribution is -2.32. The molecule has 4 aromatic rings. The number of nitrogens with zero attached hydrogens (tertiary/aromatic N) is 1. The molecule has 10 heteroatoms. The van der Waals surface area contributed by atoms with Gasteiger partial charge in [0.1, 0.15) is 5.69 Å². The SMILES string of the molecule is CCOC(=O)c1cc2cc(C[C@@H](C)NC[C@H](O)c3cccc(Cl)c3)ccc2n1Cc1cccc(P(=O)(OC)OC)c1. The number of carbonyl (C=O) groups excluding carboxylic acids is 1. The average molecular weight is 599 g/mol. The van der Waals surface area contributed by atoms with Gasteiger partial charge in [-0.05, 0) is 79.4 Å². The molecule has 0 fully saturated rings. The number of halogens is 1. The van der Waals surface area contributed by atoms with E-state index < -0.39 is 19.7 Å². The molecule has 0 unspecified atom stereocenters. The van der Waals surface area contributed by atoms with Crippen LogP contribution in [0.15, 0.2) is 72.8 Å². The second-order valence-electron chi connectivity index (χ2n) is 9.85. The highest BCUT2D eigenvalue weighted by Crippen LogP contribution is 2.45. The van der Waals surface area contributed by atoms with Crippen LogP contribution in [-0.2, 0) is 31.3 Å². The van der Waals surface area contributed by atoms with E-state index in [1.807, 2.05) is 41.0 Å². The third-order valence-corrected chi connectivity index (χ3v) is 9.04. The molecule has 4 rings (SSSR count). The van der Waals surface area contributed by atoms with Crippen molar-refractivity contribution < 1.29 is 28.3 Å². The fraction of sp³-hybridized carbons (Fsp3) is 0.323. The number of hydrogen-bond acceptors (Lipinski definition) is 7. The summed E-state index contributed by atoms with van der Waals surface area (Å²) in [5.74, 6) is -0.411. The number of benzene rings is 3. The van der Waals surface area contributed by atoms with Crippen LogP contribution < -0.4 is 10.6 Å². The van der Waals surface area contributed by atoms with Crippen LogP contribution in [0.4, 0.5) is 0 Å². The highest BCUT2D eigenvalue weighted by molar-refractivity contribution is 7.62. The van der Waals surface area contributed by atoms with Crippen LogP contribution in [0.1, 0.15) is 47.1 Å². The standard InChI is InChI=1S/C31H36ClN2O6P/c1-5-40-31(36)29-18-25-15-22(14-21(2)33-19-30(35)24-9-7-10-26(32)17-24)12-13-28(25)34(29)20-23-8-6-11-27(16-23)41(37,38-3)39-4/h6-13,15-18,21,30,33,35H,5,14,19-20H2,1-4H3/t21-,30+/m1/s1. The Morgan fingerprint density at radius 3 is 2.49 bits per heavy atom. The molecule has 0 amide bonds. The minimum Gasteiger partial charge on any atom is -0.461 e.